The van der Waals surface area contributed by atoms with Crippen molar-refractivity contribution < 1.29 is 10.2 Å². The van der Waals surface area contributed by atoms with E-state index in [0.29, 0.717) is 18.7 Å². The number of hydrogen-bond donors (Lipinski definition) is 3. The third kappa shape index (κ3) is 4.74. The number of H-pyrrole nitrogens is 1. The van der Waals surface area contributed by atoms with Gasteiger partial charge in [0.2, 0.25) is 0 Å². The Morgan fingerprint density at radius 3 is 2.21 bits per heavy atom. The van der Waals surface area contributed by atoms with Crippen molar-refractivity contribution >= 4 is 17.2 Å². The van der Waals surface area contributed by atoms with Crippen LogP contribution in [0.15, 0.2) is 59.4 Å². The number of nitrogens with one attached hydrogen (secondary N) is 1. The third-order valence-corrected chi connectivity index (χ3v) is 5.15. The summed E-state index contributed by atoms with van der Waals surface area (Å²) in [5.74, 6) is 0.0127. The Morgan fingerprint density at radius 1 is 1.03 bits per heavy atom. The van der Waals surface area contributed by atoms with E-state index < -0.39 is 0 Å². The van der Waals surface area contributed by atoms with Crippen molar-refractivity contribution in [3.05, 3.63) is 86.8 Å². The molecule has 0 unspecified atom stereocenters. The first-order valence-corrected chi connectivity index (χ1v) is 9.82. The topological polar surface area (TPSA) is 78.2 Å². The average Bonchev–Trinajstić information content (AvgIpc) is 2.99. The molecule has 0 radical (unpaired) electrons. The molecule has 0 saturated carbocycles. The van der Waals surface area contributed by atoms with Crippen LogP contribution < -0.4 is 5.56 Å². The Bertz CT molecular complexity index is 1070. The minimum Gasteiger partial charge on any atom is -0.494 e. The second kappa shape index (κ2) is 8.21. The molecule has 0 aliphatic rings. The van der Waals surface area contributed by atoms with Gasteiger partial charge in [-0.25, -0.2) is 0 Å². The lowest BCUT2D eigenvalue weighted by Crippen LogP contribution is -2.11. The second-order valence-electron chi connectivity index (χ2n) is 7.98. The minimum absolute atomic E-state index is 0.00637. The van der Waals surface area contributed by atoms with Crippen LogP contribution in [0, 0.1) is 0 Å². The highest BCUT2D eigenvalue weighted by Gasteiger charge is 2.14. The van der Waals surface area contributed by atoms with Crippen LogP contribution in [0.1, 0.15) is 44.0 Å². The molecule has 6 heteroatoms. The lowest BCUT2D eigenvalue weighted by molar-refractivity contribution is 0.369. The van der Waals surface area contributed by atoms with E-state index in [1.54, 1.807) is 12.1 Å². The molecule has 0 bridgehead atoms. The highest BCUT2D eigenvalue weighted by Crippen LogP contribution is 2.28. The first-order chi connectivity index (χ1) is 13.7. The molecule has 5 nitrogen and oxygen atoms in total. The first-order valence-electron chi connectivity index (χ1n) is 9.44. The summed E-state index contributed by atoms with van der Waals surface area (Å²) >= 11 is 5.89. The van der Waals surface area contributed by atoms with Crippen LogP contribution in [-0.4, -0.2) is 19.8 Å². The van der Waals surface area contributed by atoms with Gasteiger partial charge in [-0.3, -0.25) is 9.36 Å². The van der Waals surface area contributed by atoms with Crippen LogP contribution in [0.25, 0.3) is 5.57 Å². The van der Waals surface area contributed by atoms with Crippen molar-refractivity contribution in [1.82, 2.24) is 9.55 Å². The summed E-state index contributed by atoms with van der Waals surface area (Å²) in [7, 11) is 0. The SMILES string of the molecule is CC(C)(C)c1ccc(C(=CCCn2c(O)ccc2O)c2ccc(Cl)c(=O)[nH]2)cc1. The zero-order chi connectivity index (χ0) is 21.2. The molecule has 1 aromatic carbocycles. The Labute approximate surface area is 174 Å². The molecular weight excluding hydrogens is 388 g/mol. The van der Waals surface area contributed by atoms with Crippen LogP contribution in [0.3, 0.4) is 0 Å². The summed E-state index contributed by atoms with van der Waals surface area (Å²) in [6, 6.07) is 14.5. The van der Waals surface area contributed by atoms with E-state index in [-0.39, 0.29) is 27.8 Å². The number of nitrogens with zero attached hydrogens (tertiary/aromatic N) is 1. The quantitative estimate of drug-likeness (QED) is 0.548. The normalized spacial score (nSPS) is 12.3. The number of aromatic nitrogens is 2. The number of aromatic hydroxyl groups is 2. The fourth-order valence-corrected chi connectivity index (χ4v) is 3.27. The van der Waals surface area contributed by atoms with E-state index >= 15 is 0 Å². The van der Waals surface area contributed by atoms with Crippen molar-refractivity contribution in [2.24, 2.45) is 0 Å². The molecule has 3 N–H and O–H groups in total. The van der Waals surface area contributed by atoms with E-state index in [0.717, 1.165) is 11.1 Å². The number of allylic oxidation sites excluding steroid dienone is 1. The first kappa shape index (κ1) is 20.8. The molecule has 0 fully saturated rings. The van der Waals surface area contributed by atoms with Crippen LogP contribution in [-0.2, 0) is 12.0 Å². The smallest absolute Gasteiger partial charge is 0.267 e. The maximum atomic E-state index is 12.0. The van der Waals surface area contributed by atoms with Crippen molar-refractivity contribution in [1.29, 1.82) is 0 Å². The fraction of sp³-hybridized carbons (Fsp3) is 0.261. The fourth-order valence-electron chi connectivity index (χ4n) is 3.16. The zero-order valence-corrected chi connectivity index (χ0v) is 17.5. The lowest BCUT2D eigenvalue weighted by atomic mass is 9.86. The summed E-state index contributed by atoms with van der Waals surface area (Å²) in [5, 5.41) is 19.8. The van der Waals surface area contributed by atoms with E-state index in [9.17, 15) is 15.0 Å². The second-order valence-corrected chi connectivity index (χ2v) is 8.39. The molecule has 2 heterocycles. The predicted molar refractivity (Wildman–Crippen MR) is 117 cm³/mol. The van der Waals surface area contributed by atoms with Gasteiger partial charge in [0.15, 0.2) is 11.8 Å². The van der Waals surface area contributed by atoms with Gasteiger partial charge in [-0.2, -0.15) is 0 Å². The number of halogens is 1. The average molecular weight is 413 g/mol. The van der Waals surface area contributed by atoms with Crippen molar-refractivity contribution in [2.45, 2.75) is 39.2 Å². The molecule has 0 atom stereocenters. The van der Waals surface area contributed by atoms with Gasteiger partial charge in [0.25, 0.3) is 5.56 Å². The zero-order valence-electron chi connectivity index (χ0n) is 16.7. The van der Waals surface area contributed by atoms with Gasteiger partial charge in [-0.1, -0.05) is 62.7 Å². The summed E-state index contributed by atoms with van der Waals surface area (Å²) in [6.07, 6.45) is 2.51. The molecule has 29 heavy (non-hydrogen) atoms. The monoisotopic (exact) mass is 412 g/mol. The van der Waals surface area contributed by atoms with Gasteiger partial charge in [-0.15, -0.1) is 0 Å². The van der Waals surface area contributed by atoms with E-state index in [1.165, 1.54) is 22.3 Å². The molecule has 0 amide bonds. The van der Waals surface area contributed by atoms with Crippen molar-refractivity contribution in [3.63, 3.8) is 0 Å². The Hall–Kier alpha value is -2.92. The summed E-state index contributed by atoms with van der Waals surface area (Å²) < 4.78 is 1.42. The molecular formula is C23H25ClN2O3. The van der Waals surface area contributed by atoms with E-state index in [4.69, 9.17) is 11.6 Å². The van der Waals surface area contributed by atoms with Crippen LogP contribution in [0.2, 0.25) is 5.02 Å². The Kier molecular flexibility index (Phi) is 5.89. The molecule has 152 valence electrons. The number of aromatic amines is 1. The van der Waals surface area contributed by atoms with Crippen molar-refractivity contribution in [3.8, 4) is 11.8 Å². The van der Waals surface area contributed by atoms with Crippen LogP contribution in [0.5, 0.6) is 11.8 Å². The van der Waals surface area contributed by atoms with Gasteiger partial charge in [0.1, 0.15) is 5.02 Å². The highest BCUT2D eigenvalue weighted by molar-refractivity contribution is 6.30. The molecule has 0 spiro atoms. The van der Waals surface area contributed by atoms with Gasteiger partial charge >= 0.3 is 0 Å². The van der Waals surface area contributed by atoms with Gasteiger partial charge in [0.05, 0.1) is 0 Å². The number of pyridine rings is 1. The lowest BCUT2D eigenvalue weighted by Gasteiger charge is -2.19. The van der Waals surface area contributed by atoms with Gasteiger partial charge < -0.3 is 15.2 Å². The maximum absolute atomic E-state index is 12.0. The number of rotatable bonds is 5. The maximum Gasteiger partial charge on any atom is 0.267 e. The Morgan fingerprint density at radius 2 is 1.66 bits per heavy atom. The standard InChI is InChI=1S/C23H25ClN2O3/c1-23(2,3)16-8-6-15(7-9-16)17(19-11-10-18(24)22(29)25-19)5-4-14-26-20(27)12-13-21(26)28/h5-13,27-28H,4,14H2,1-3H3,(H,25,29). The Balaban J connectivity index is 1.97. The van der Waals surface area contributed by atoms with Gasteiger partial charge in [0, 0.05) is 29.9 Å². The molecule has 0 aliphatic carbocycles. The summed E-state index contributed by atoms with van der Waals surface area (Å²) in [6.45, 7) is 6.87. The number of benzene rings is 1. The van der Waals surface area contributed by atoms with Gasteiger partial charge in [-0.05, 0) is 35.1 Å². The molecule has 2 aromatic heterocycles. The predicted octanol–water partition coefficient (Wildman–Crippen LogP) is 5.06. The molecule has 0 aliphatic heterocycles. The van der Waals surface area contributed by atoms with Crippen LogP contribution in [0.4, 0.5) is 0 Å². The molecule has 3 rings (SSSR count). The minimum atomic E-state index is -0.345. The molecule has 3 aromatic rings. The summed E-state index contributed by atoms with van der Waals surface area (Å²) in [5.41, 5.74) is 3.38. The van der Waals surface area contributed by atoms with E-state index in [2.05, 4.69) is 37.9 Å². The largest absolute Gasteiger partial charge is 0.494 e. The highest BCUT2D eigenvalue weighted by atomic mass is 35.5. The van der Waals surface area contributed by atoms with E-state index in [1.807, 2.05) is 18.2 Å². The number of hydrogen-bond acceptors (Lipinski definition) is 3. The third-order valence-electron chi connectivity index (χ3n) is 4.85. The van der Waals surface area contributed by atoms with Crippen molar-refractivity contribution in [2.75, 3.05) is 0 Å². The molecule has 0 saturated heterocycles. The van der Waals surface area contributed by atoms with Crippen LogP contribution >= 0.6 is 11.6 Å². The summed E-state index contributed by atoms with van der Waals surface area (Å²) in [4.78, 5) is 14.9.